The number of Topliss-reactive ketones (excluding diaryl/α,β-unsaturated/α-hetero) is 1. The summed E-state index contributed by atoms with van der Waals surface area (Å²) in [7, 11) is 0. The van der Waals surface area contributed by atoms with Crippen molar-refractivity contribution in [2.45, 2.75) is 31.7 Å². The molecule has 0 heterocycles. The second-order valence-corrected chi connectivity index (χ2v) is 4.90. The highest BCUT2D eigenvalue weighted by molar-refractivity contribution is 9.10. The summed E-state index contributed by atoms with van der Waals surface area (Å²) in [4.78, 5) is 11.3. The number of benzene rings is 1. The zero-order chi connectivity index (χ0) is 10.7. The van der Waals surface area contributed by atoms with Crippen molar-refractivity contribution >= 4 is 27.4 Å². The highest BCUT2D eigenvalue weighted by Crippen LogP contribution is 2.20. The van der Waals surface area contributed by atoms with E-state index in [1.165, 1.54) is 0 Å². The first kappa shape index (κ1) is 10.7. The van der Waals surface area contributed by atoms with Gasteiger partial charge in [0.2, 0.25) is 0 Å². The SMILES string of the molecule is O=C1CCC[C@@H](Nc2ccc(Br)cc2)C1. The van der Waals surface area contributed by atoms with Gasteiger partial charge in [0.25, 0.3) is 0 Å². The first-order chi connectivity index (χ1) is 7.24. The molecule has 0 amide bonds. The van der Waals surface area contributed by atoms with E-state index in [9.17, 15) is 4.79 Å². The van der Waals surface area contributed by atoms with Crippen LogP contribution in [0.15, 0.2) is 28.7 Å². The van der Waals surface area contributed by atoms with Crippen molar-refractivity contribution in [3.8, 4) is 0 Å². The number of nitrogens with one attached hydrogen (secondary N) is 1. The fourth-order valence-corrected chi connectivity index (χ4v) is 2.19. The van der Waals surface area contributed by atoms with Crippen LogP contribution in [0.2, 0.25) is 0 Å². The molecule has 1 aliphatic carbocycles. The molecule has 0 aromatic heterocycles. The molecule has 0 bridgehead atoms. The van der Waals surface area contributed by atoms with Crippen LogP contribution in [0.4, 0.5) is 5.69 Å². The summed E-state index contributed by atoms with van der Waals surface area (Å²) in [6.07, 6.45) is 3.56. The second-order valence-electron chi connectivity index (χ2n) is 3.98. The summed E-state index contributed by atoms with van der Waals surface area (Å²) in [6, 6.07) is 8.40. The Bertz CT molecular complexity index is 347. The van der Waals surface area contributed by atoms with E-state index in [0.717, 1.165) is 29.4 Å². The maximum atomic E-state index is 11.3. The van der Waals surface area contributed by atoms with Gasteiger partial charge in [-0.3, -0.25) is 4.79 Å². The Morgan fingerprint density at radius 2 is 2.00 bits per heavy atom. The lowest BCUT2D eigenvalue weighted by molar-refractivity contribution is -0.120. The molecule has 15 heavy (non-hydrogen) atoms. The molecule has 0 saturated heterocycles. The average Bonchev–Trinajstić information content (AvgIpc) is 2.22. The molecule has 2 nitrogen and oxygen atoms in total. The Balaban J connectivity index is 1.96. The molecule has 80 valence electrons. The van der Waals surface area contributed by atoms with Crippen LogP contribution < -0.4 is 5.32 Å². The number of hydrogen-bond acceptors (Lipinski definition) is 2. The van der Waals surface area contributed by atoms with E-state index in [1.807, 2.05) is 24.3 Å². The van der Waals surface area contributed by atoms with Gasteiger partial charge in [0, 0.05) is 29.0 Å². The van der Waals surface area contributed by atoms with Crippen LogP contribution in [-0.4, -0.2) is 11.8 Å². The molecule has 2 rings (SSSR count). The van der Waals surface area contributed by atoms with Crippen molar-refractivity contribution in [3.63, 3.8) is 0 Å². The lowest BCUT2D eigenvalue weighted by Crippen LogP contribution is -2.27. The molecule has 3 heteroatoms. The first-order valence-electron chi connectivity index (χ1n) is 5.28. The van der Waals surface area contributed by atoms with Crippen LogP contribution in [0.3, 0.4) is 0 Å². The van der Waals surface area contributed by atoms with Crippen LogP contribution in [0.5, 0.6) is 0 Å². The van der Waals surface area contributed by atoms with E-state index in [4.69, 9.17) is 0 Å². The largest absolute Gasteiger partial charge is 0.382 e. The van der Waals surface area contributed by atoms with E-state index >= 15 is 0 Å². The lowest BCUT2D eigenvalue weighted by Gasteiger charge is -2.23. The van der Waals surface area contributed by atoms with Crippen molar-refractivity contribution < 1.29 is 4.79 Å². The minimum absolute atomic E-state index is 0.326. The van der Waals surface area contributed by atoms with Gasteiger partial charge in [-0.1, -0.05) is 15.9 Å². The smallest absolute Gasteiger partial charge is 0.134 e. The molecule has 0 unspecified atom stereocenters. The fourth-order valence-electron chi connectivity index (χ4n) is 1.93. The van der Waals surface area contributed by atoms with Gasteiger partial charge in [-0.05, 0) is 37.1 Å². The number of rotatable bonds is 2. The summed E-state index contributed by atoms with van der Waals surface area (Å²) < 4.78 is 1.08. The summed E-state index contributed by atoms with van der Waals surface area (Å²) in [6.45, 7) is 0. The zero-order valence-corrected chi connectivity index (χ0v) is 10.1. The van der Waals surface area contributed by atoms with Gasteiger partial charge in [0.15, 0.2) is 0 Å². The number of carbonyl (C=O) groups excluding carboxylic acids is 1. The highest BCUT2D eigenvalue weighted by atomic mass is 79.9. The number of hydrogen-bond donors (Lipinski definition) is 1. The minimum atomic E-state index is 0.326. The highest BCUT2D eigenvalue weighted by Gasteiger charge is 2.18. The Morgan fingerprint density at radius 1 is 1.27 bits per heavy atom. The zero-order valence-electron chi connectivity index (χ0n) is 8.50. The molecule has 1 atom stereocenters. The lowest BCUT2D eigenvalue weighted by atomic mass is 9.94. The maximum absolute atomic E-state index is 11.3. The topological polar surface area (TPSA) is 29.1 Å². The molecule has 1 aliphatic rings. The molecule has 0 spiro atoms. The molecule has 0 radical (unpaired) electrons. The van der Waals surface area contributed by atoms with E-state index in [2.05, 4.69) is 21.2 Å². The molecule has 1 aromatic carbocycles. The Labute approximate surface area is 98.2 Å². The van der Waals surface area contributed by atoms with Gasteiger partial charge in [-0.2, -0.15) is 0 Å². The monoisotopic (exact) mass is 267 g/mol. The summed E-state index contributed by atoms with van der Waals surface area (Å²) in [5.74, 6) is 0.385. The van der Waals surface area contributed by atoms with Crippen molar-refractivity contribution in [1.29, 1.82) is 0 Å². The Kier molecular flexibility index (Phi) is 3.41. The van der Waals surface area contributed by atoms with Crippen molar-refractivity contribution in [2.24, 2.45) is 0 Å². The van der Waals surface area contributed by atoms with Crippen LogP contribution in [0, 0.1) is 0 Å². The van der Waals surface area contributed by atoms with E-state index in [-0.39, 0.29) is 0 Å². The molecular weight excluding hydrogens is 254 g/mol. The molecule has 1 fully saturated rings. The van der Waals surface area contributed by atoms with E-state index in [1.54, 1.807) is 0 Å². The average molecular weight is 268 g/mol. The molecule has 1 N–H and O–H groups in total. The third-order valence-corrected chi connectivity index (χ3v) is 3.23. The molecule has 1 saturated carbocycles. The summed E-state index contributed by atoms with van der Waals surface area (Å²) >= 11 is 3.40. The Morgan fingerprint density at radius 3 is 2.67 bits per heavy atom. The van der Waals surface area contributed by atoms with Crippen LogP contribution in [0.25, 0.3) is 0 Å². The Hall–Kier alpha value is -0.830. The van der Waals surface area contributed by atoms with Gasteiger partial charge in [0.05, 0.1) is 0 Å². The number of ketones is 1. The molecule has 0 aliphatic heterocycles. The van der Waals surface area contributed by atoms with Gasteiger partial charge >= 0.3 is 0 Å². The third-order valence-electron chi connectivity index (χ3n) is 2.70. The quantitative estimate of drug-likeness (QED) is 0.890. The van der Waals surface area contributed by atoms with Crippen molar-refractivity contribution in [1.82, 2.24) is 0 Å². The molecule has 1 aromatic rings. The third kappa shape index (κ3) is 3.06. The summed E-state index contributed by atoms with van der Waals surface area (Å²) in [5.41, 5.74) is 1.10. The fraction of sp³-hybridized carbons (Fsp3) is 0.417. The van der Waals surface area contributed by atoms with Crippen molar-refractivity contribution in [3.05, 3.63) is 28.7 Å². The van der Waals surface area contributed by atoms with Crippen LogP contribution >= 0.6 is 15.9 Å². The van der Waals surface area contributed by atoms with E-state index < -0.39 is 0 Å². The predicted molar refractivity (Wildman–Crippen MR) is 65.0 cm³/mol. The number of halogens is 1. The van der Waals surface area contributed by atoms with Gasteiger partial charge in [-0.25, -0.2) is 0 Å². The van der Waals surface area contributed by atoms with Crippen LogP contribution in [-0.2, 0) is 4.79 Å². The predicted octanol–water partition coefficient (Wildman–Crippen LogP) is 3.37. The first-order valence-corrected chi connectivity index (χ1v) is 6.07. The maximum Gasteiger partial charge on any atom is 0.134 e. The molecular formula is C12H14BrNO. The summed E-state index contributed by atoms with van der Waals surface area (Å²) in [5, 5.41) is 3.40. The minimum Gasteiger partial charge on any atom is -0.382 e. The van der Waals surface area contributed by atoms with Gasteiger partial charge in [-0.15, -0.1) is 0 Å². The standard InChI is InChI=1S/C12H14BrNO/c13-9-4-6-10(7-5-9)14-11-2-1-3-12(15)8-11/h4-7,11,14H,1-3,8H2/t11-/m1/s1. The number of carbonyl (C=O) groups is 1. The van der Waals surface area contributed by atoms with Crippen molar-refractivity contribution in [2.75, 3.05) is 5.32 Å². The van der Waals surface area contributed by atoms with Gasteiger partial charge in [0.1, 0.15) is 5.78 Å². The van der Waals surface area contributed by atoms with Crippen LogP contribution in [0.1, 0.15) is 25.7 Å². The number of anilines is 1. The van der Waals surface area contributed by atoms with Gasteiger partial charge < -0.3 is 5.32 Å². The second kappa shape index (κ2) is 4.79. The normalized spacial score (nSPS) is 21.4. The van der Waals surface area contributed by atoms with E-state index in [0.29, 0.717) is 18.2 Å².